The molecule has 1 saturated heterocycles. The molecule has 2 aliphatic rings. The lowest BCUT2D eigenvalue weighted by molar-refractivity contribution is 0.0526. The van der Waals surface area contributed by atoms with Crippen molar-refractivity contribution in [2.75, 3.05) is 24.6 Å². The number of esters is 1. The molecular formula is C18H24N4O2. The molecule has 1 spiro atoms. The van der Waals surface area contributed by atoms with Crippen LogP contribution in [0, 0.1) is 12.3 Å². The molecule has 24 heavy (non-hydrogen) atoms. The van der Waals surface area contributed by atoms with Crippen molar-refractivity contribution in [1.82, 2.24) is 14.8 Å². The molecule has 6 heteroatoms. The van der Waals surface area contributed by atoms with Gasteiger partial charge in [-0.25, -0.2) is 9.78 Å². The zero-order chi connectivity index (χ0) is 16.9. The summed E-state index contributed by atoms with van der Waals surface area (Å²) >= 11 is 0. The van der Waals surface area contributed by atoms with Crippen molar-refractivity contribution in [3.63, 3.8) is 0 Å². The summed E-state index contributed by atoms with van der Waals surface area (Å²) in [7, 11) is 1.90. The van der Waals surface area contributed by atoms with Crippen LogP contribution in [0.4, 0.5) is 5.69 Å². The Morgan fingerprint density at radius 3 is 2.88 bits per heavy atom. The molecule has 2 aromatic heterocycles. The molecule has 1 saturated carbocycles. The fourth-order valence-electron chi connectivity index (χ4n) is 4.06. The maximum Gasteiger partial charge on any atom is 0.341 e. The highest BCUT2D eigenvalue weighted by Gasteiger charge is 2.46. The lowest BCUT2D eigenvalue weighted by Gasteiger charge is -2.36. The van der Waals surface area contributed by atoms with Crippen molar-refractivity contribution in [3.05, 3.63) is 17.5 Å². The molecule has 0 aromatic carbocycles. The minimum absolute atomic E-state index is 0.291. The van der Waals surface area contributed by atoms with Gasteiger partial charge in [-0.1, -0.05) is 0 Å². The van der Waals surface area contributed by atoms with Crippen molar-refractivity contribution in [2.24, 2.45) is 12.5 Å². The van der Waals surface area contributed by atoms with Crippen molar-refractivity contribution in [2.45, 2.75) is 39.5 Å². The smallest absolute Gasteiger partial charge is 0.341 e. The maximum atomic E-state index is 12.5. The van der Waals surface area contributed by atoms with Gasteiger partial charge in [-0.2, -0.15) is 5.10 Å². The largest absolute Gasteiger partial charge is 0.462 e. The standard InChI is InChI=1S/C18H24N4O2/c1-4-24-17(23)13-10-19-16-14(12(2)20-21(16)3)15(13)22-9-5-6-18(11-22)7-8-18/h10H,4-9,11H2,1-3H3. The highest BCUT2D eigenvalue weighted by molar-refractivity contribution is 6.05. The molecule has 0 bridgehead atoms. The summed E-state index contributed by atoms with van der Waals surface area (Å²) in [5.41, 5.74) is 3.74. The Kier molecular flexibility index (Phi) is 3.51. The molecule has 0 unspecified atom stereocenters. The molecule has 128 valence electrons. The molecule has 0 N–H and O–H groups in total. The summed E-state index contributed by atoms with van der Waals surface area (Å²) in [6, 6.07) is 0. The van der Waals surface area contributed by atoms with E-state index in [0.717, 1.165) is 35.5 Å². The van der Waals surface area contributed by atoms with Crippen LogP contribution >= 0.6 is 0 Å². The molecule has 1 aliphatic carbocycles. The third kappa shape index (κ3) is 2.36. The molecule has 6 nitrogen and oxygen atoms in total. The summed E-state index contributed by atoms with van der Waals surface area (Å²) in [6.07, 6.45) is 6.74. The Labute approximate surface area is 141 Å². The first-order valence-corrected chi connectivity index (χ1v) is 8.79. The van der Waals surface area contributed by atoms with E-state index < -0.39 is 0 Å². The number of anilines is 1. The van der Waals surface area contributed by atoms with E-state index in [4.69, 9.17) is 4.74 Å². The fourth-order valence-corrected chi connectivity index (χ4v) is 4.06. The highest BCUT2D eigenvalue weighted by Crippen LogP contribution is 2.53. The van der Waals surface area contributed by atoms with E-state index in [1.165, 1.54) is 25.7 Å². The minimum Gasteiger partial charge on any atom is -0.462 e. The molecule has 3 heterocycles. The Bertz CT molecular complexity index is 807. The Hall–Kier alpha value is -2.11. The predicted octanol–water partition coefficient (Wildman–Crippen LogP) is 2.83. The van der Waals surface area contributed by atoms with Gasteiger partial charge in [0.2, 0.25) is 0 Å². The van der Waals surface area contributed by atoms with Crippen LogP contribution in [0.25, 0.3) is 11.0 Å². The number of carbonyl (C=O) groups is 1. The number of aryl methyl sites for hydroxylation is 2. The van der Waals surface area contributed by atoms with Crippen LogP contribution in [0.5, 0.6) is 0 Å². The van der Waals surface area contributed by atoms with E-state index in [2.05, 4.69) is 15.0 Å². The summed E-state index contributed by atoms with van der Waals surface area (Å²) in [6.45, 7) is 6.18. The van der Waals surface area contributed by atoms with E-state index in [9.17, 15) is 4.79 Å². The van der Waals surface area contributed by atoms with Gasteiger partial charge >= 0.3 is 5.97 Å². The average Bonchev–Trinajstić information content (AvgIpc) is 3.24. The SMILES string of the molecule is CCOC(=O)c1cnc2c(c(C)nn2C)c1N1CCCC2(CC2)C1. The van der Waals surface area contributed by atoms with Gasteiger partial charge in [-0.15, -0.1) is 0 Å². The molecule has 2 fully saturated rings. The summed E-state index contributed by atoms with van der Waals surface area (Å²) in [5.74, 6) is -0.291. The number of fused-ring (bicyclic) bond motifs is 1. The number of aromatic nitrogens is 3. The molecular weight excluding hydrogens is 304 g/mol. The van der Waals surface area contributed by atoms with Gasteiger partial charge in [0, 0.05) is 26.3 Å². The van der Waals surface area contributed by atoms with Gasteiger partial charge in [-0.3, -0.25) is 4.68 Å². The first kappa shape index (κ1) is 15.4. The molecule has 4 rings (SSSR count). The topological polar surface area (TPSA) is 60.2 Å². The van der Waals surface area contributed by atoms with E-state index >= 15 is 0 Å². The van der Waals surface area contributed by atoms with E-state index in [0.29, 0.717) is 17.6 Å². The quantitative estimate of drug-likeness (QED) is 0.811. The Morgan fingerprint density at radius 2 is 2.17 bits per heavy atom. The van der Waals surface area contributed by atoms with Crippen LogP contribution in [-0.4, -0.2) is 40.4 Å². The second kappa shape index (κ2) is 5.46. The maximum absolute atomic E-state index is 12.5. The summed E-state index contributed by atoms with van der Waals surface area (Å²) < 4.78 is 7.08. The summed E-state index contributed by atoms with van der Waals surface area (Å²) in [5, 5.41) is 5.51. The first-order chi connectivity index (χ1) is 11.5. The third-order valence-electron chi connectivity index (χ3n) is 5.43. The van der Waals surface area contributed by atoms with Gasteiger partial charge < -0.3 is 9.64 Å². The van der Waals surface area contributed by atoms with Gasteiger partial charge in [0.25, 0.3) is 0 Å². The Balaban J connectivity index is 1.88. The van der Waals surface area contributed by atoms with Crippen molar-refractivity contribution in [3.8, 4) is 0 Å². The van der Waals surface area contributed by atoms with Crippen LogP contribution < -0.4 is 4.90 Å². The molecule has 1 aliphatic heterocycles. The number of hydrogen-bond acceptors (Lipinski definition) is 5. The highest BCUT2D eigenvalue weighted by atomic mass is 16.5. The van der Waals surface area contributed by atoms with Crippen LogP contribution in [-0.2, 0) is 11.8 Å². The molecule has 2 aromatic rings. The number of hydrogen-bond donors (Lipinski definition) is 0. The van der Waals surface area contributed by atoms with Gasteiger partial charge in [0.1, 0.15) is 5.56 Å². The second-order valence-electron chi connectivity index (χ2n) is 7.17. The zero-order valence-electron chi connectivity index (χ0n) is 14.6. The lowest BCUT2D eigenvalue weighted by atomic mass is 9.93. The molecule has 0 atom stereocenters. The number of pyridine rings is 1. The zero-order valence-corrected chi connectivity index (χ0v) is 14.6. The molecule has 0 amide bonds. The van der Waals surface area contributed by atoms with Crippen molar-refractivity contribution < 1.29 is 9.53 Å². The van der Waals surface area contributed by atoms with E-state index in [1.807, 2.05) is 20.9 Å². The predicted molar refractivity (Wildman–Crippen MR) is 92.3 cm³/mol. The lowest BCUT2D eigenvalue weighted by Crippen LogP contribution is -2.37. The minimum atomic E-state index is -0.291. The number of nitrogens with zero attached hydrogens (tertiary/aromatic N) is 4. The van der Waals surface area contributed by atoms with Crippen molar-refractivity contribution in [1.29, 1.82) is 0 Å². The monoisotopic (exact) mass is 328 g/mol. The van der Waals surface area contributed by atoms with Crippen LogP contribution in [0.3, 0.4) is 0 Å². The number of ether oxygens (including phenoxy) is 1. The molecule has 0 radical (unpaired) electrons. The van der Waals surface area contributed by atoms with E-state index in [-0.39, 0.29) is 5.97 Å². The average molecular weight is 328 g/mol. The number of piperidine rings is 1. The fraction of sp³-hybridized carbons (Fsp3) is 0.611. The van der Waals surface area contributed by atoms with Gasteiger partial charge in [-0.05, 0) is 44.9 Å². The van der Waals surface area contributed by atoms with E-state index in [1.54, 1.807) is 10.9 Å². The number of rotatable bonds is 3. The van der Waals surface area contributed by atoms with Gasteiger partial charge in [0.15, 0.2) is 5.65 Å². The van der Waals surface area contributed by atoms with Crippen LogP contribution in [0.1, 0.15) is 48.7 Å². The summed E-state index contributed by atoms with van der Waals surface area (Å²) in [4.78, 5) is 19.4. The Morgan fingerprint density at radius 1 is 1.38 bits per heavy atom. The second-order valence-corrected chi connectivity index (χ2v) is 7.17. The van der Waals surface area contributed by atoms with Gasteiger partial charge in [0.05, 0.1) is 23.4 Å². The van der Waals surface area contributed by atoms with Crippen molar-refractivity contribution >= 4 is 22.7 Å². The van der Waals surface area contributed by atoms with Crippen LogP contribution in [0.2, 0.25) is 0 Å². The van der Waals surface area contributed by atoms with Crippen LogP contribution in [0.15, 0.2) is 6.20 Å². The third-order valence-corrected chi connectivity index (χ3v) is 5.43. The normalized spacial score (nSPS) is 19.0. The first-order valence-electron chi connectivity index (χ1n) is 8.79. The number of carbonyl (C=O) groups excluding carboxylic acids is 1.